The summed E-state index contributed by atoms with van der Waals surface area (Å²) in [6.07, 6.45) is 0. The Bertz CT molecular complexity index is 671. The highest BCUT2D eigenvalue weighted by molar-refractivity contribution is 6.35. The normalized spacial score (nSPS) is 10.4. The maximum Gasteiger partial charge on any atom is 0.335 e. The van der Waals surface area contributed by atoms with Crippen LogP contribution >= 0.6 is 34.8 Å². The van der Waals surface area contributed by atoms with Crippen LogP contribution in [0.4, 0.5) is 15.9 Å². The van der Waals surface area contributed by atoms with Crippen LogP contribution in [0.25, 0.3) is 0 Å². The highest BCUT2D eigenvalue weighted by Gasteiger charge is 2.10. The van der Waals surface area contributed by atoms with Crippen molar-refractivity contribution in [3.05, 3.63) is 50.8 Å². The fourth-order valence-electron chi connectivity index (χ4n) is 1.46. The van der Waals surface area contributed by atoms with Gasteiger partial charge in [-0.15, -0.1) is 0 Å². The maximum absolute atomic E-state index is 13.3. The van der Waals surface area contributed by atoms with E-state index in [1.54, 1.807) is 0 Å². The number of carbonyl (C=O) groups is 1. The first-order valence-electron chi connectivity index (χ1n) is 5.19. The van der Waals surface area contributed by atoms with Gasteiger partial charge in [0.25, 0.3) is 0 Å². The number of carboxylic acid groups (broad SMARTS) is 1. The van der Waals surface area contributed by atoms with Crippen molar-refractivity contribution in [3.8, 4) is 0 Å². The van der Waals surface area contributed by atoms with E-state index >= 15 is 0 Å². The van der Waals surface area contributed by atoms with Gasteiger partial charge in [0.15, 0.2) is 5.82 Å². The van der Waals surface area contributed by atoms with Gasteiger partial charge in [-0.2, -0.15) is 0 Å². The Morgan fingerprint density at radius 2 is 1.75 bits per heavy atom. The molecule has 0 radical (unpaired) electrons. The Kier molecular flexibility index (Phi) is 4.32. The summed E-state index contributed by atoms with van der Waals surface area (Å²) in [7, 11) is 0. The zero-order chi connectivity index (χ0) is 14.9. The molecular weight excluding hydrogens is 330 g/mol. The average molecular weight is 336 g/mol. The molecule has 0 spiro atoms. The first-order valence-corrected chi connectivity index (χ1v) is 6.32. The van der Waals surface area contributed by atoms with Gasteiger partial charge in [0.05, 0.1) is 15.6 Å². The molecule has 0 fully saturated rings. The van der Waals surface area contributed by atoms with Crippen molar-refractivity contribution in [1.29, 1.82) is 0 Å². The summed E-state index contributed by atoms with van der Waals surface area (Å²) in [5.41, 5.74) is 0.319. The van der Waals surface area contributed by atoms with E-state index in [9.17, 15) is 9.18 Å². The third-order valence-corrected chi connectivity index (χ3v) is 3.04. The second kappa shape index (κ2) is 5.83. The lowest BCUT2D eigenvalue weighted by molar-refractivity contribution is 0.0697. The number of rotatable bonds is 3. The smallest absolute Gasteiger partial charge is 0.335 e. The second-order valence-electron chi connectivity index (χ2n) is 3.75. The van der Waals surface area contributed by atoms with Crippen molar-refractivity contribution in [2.75, 3.05) is 5.32 Å². The van der Waals surface area contributed by atoms with E-state index < -0.39 is 11.8 Å². The molecule has 4 nitrogen and oxygen atoms in total. The van der Waals surface area contributed by atoms with Crippen LogP contribution in [0.15, 0.2) is 24.3 Å². The van der Waals surface area contributed by atoms with Crippen molar-refractivity contribution in [3.63, 3.8) is 0 Å². The number of benzene rings is 1. The minimum absolute atomic E-state index is 0.00621. The Labute approximate surface area is 128 Å². The molecule has 2 N–H and O–H groups in total. The number of aromatic nitrogens is 1. The lowest BCUT2D eigenvalue weighted by atomic mass is 10.2. The lowest BCUT2D eigenvalue weighted by Crippen LogP contribution is -2.01. The molecule has 104 valence electrons. The van der Waals surface area contributed by atoms with Gasteiger partial charge < -0.3 is 10.4 Å². The van der Waals surface area contributed by atoms with E-state index in [1.165, 1.54) is 24.3 Å². The average Bonchev–Trinajstić information content (AvgIpc) is 2.35. The summed E-state index contributed by atoms with van der Waals surface area (Å²) in [5, 5.41) is 11.3. The molecule has 1 heterocycles. The summed E-state index contributed by atoms with van der Waals surface area (Å²) >= 11 is 17.0. The predicted octanol–water partition coefficient (Wildman–Crippen LogP) is 4.62. The summed E-state index contributed by atoms with van der Waals surface area (Å²) in [6.45, 7) is 0. The van der Waals surface area contributed by atoms with Crippen LogP contribution in [0, 0.1) is 5.82 Å². The monoisotopic (exact) mass is 334 g/mol. The largest absolute Gasteiger partial charge is 0.478 e. The molecule has 2 rings (SSSR count). The van der Waals surface area contributed by atoms with Crippen LogP contribution < -0.4 is 5.32 Å². The molecule has 0 unspecified atom stereocenters. The van der Waals surface area contributed by atoms with Crippen LogP contribution in [0.1, 0.15) is 10.4 Å². The Morgan fingerprint density at radius 3 is 2.30 bits per heavy atom. The van der Waals surface area contributed by atoms with E-state index in [1.807, 2.05) is 0 Å². The van der Waals surface area contributed by atoms with Gasteiger partial charge in [0.2, 0.25) is 0 Å². The highest BCUT2D eigenvalue weighted by Crippen LogP contribution is 2.29. The zero-order valence-corrected chi connectivity index (χ0v) is 11.9. The zero-order valence-electron chi connectivity index (χ0n) is 9.62. The summed E-state index contributed by atoms with van der Waals surface area (Å²) in [4.78, 5) is 14.8. The second-order valence-corrected chi connectivity index (χ2v) is 4.95. The molecule has 20 heavy (non-hydrogen) atoms. The van der Waals surface area contributed by atoms with Crippen molar-refractivity contribution >= 4 is 52.3 Å². The van der Waals surface area contributed by atoms with Crippen LogP contribution in [0.2, 0.25) is 15.2 Å². The molecule has 0 saturated carbocycles. The van der Waals surface area contributed by atoms with Gasteiger partial charge in [-0.3, -0.25) is 0 Å². The van der Waals surface area contributed by atoms with Crippen molar-refractivity contribution in [1.82, 2.24) is 4.98 Å². The number of pyridine rings is 1. The number of hydrogen-bond donors (Lipinski definition) is 2. The standard InChI is InChI=1S/C12H6Cl3FN2O2/c13-7-3-6(4-8(14)11(7)16)17-10-2-5(12(19)20)1-9(15)18-10/h1-4H,(H,17,18)(H,19,20). The first kappa shape index (κ1) is 14.8. The molecule has 0 atom stereocenters. The predicted molar refractivity (Wildman–Crippen MR) is 75.9 cm³/mol. The van der Waals surface area contributed by atoms with Crippen molar-refractivity contribution in [2.24, 2.45) is 0 Å². The number of aromatic carboxylic acids is 1. The molecule has 0 aliphatic rings. The minimum Gasteiger partial charge on any atom is -0.478 e. The number of carboxylic acids is 1. The molecular formula is C12H6Cl3FN2O2. The topological polar surface area (TPSA) is 62.2 Å². The van der Waals surface area contributed by atoms with Gasteiger partial charge in [-0.25, -0.2) is 14.2 Å². The van der Waals surface area contributed by atoms with E-state index in [4.69, 9.17) is 39.9 Å². The van der Waals surface area contributed by atoms with Gasteiger partial charge in [-0.1, -0.05) is 34.8 Å². The van der Waals surface area contributed by atoms with Crippen molar-refractivity contribution in [2.45, 2.75) is 0 Å². The van der Waals surface area contributed by atoms with Crippen LogP contribution in [0.5, 0.6) is 0 Å². The number of nitrogens with one attached hydrogen (secondary N) is 1. The fraction of sp³-hybridized carbons (Fsp3) is 0. The van der Waals surface area contributed by atoms with E-state index in [-0.39, 0.29) is 26.6 Å². The number of hydrogen-bond acceptors (Lipinski definition) is 3. The number of anilines is 2. The van der Waals surface area contributed by atoms with E-state index in [0.29, 0.717) is 5.69 Å². The molecule has 1 aromatic heterocycles. The van der Waals surface area contributed by atoms with Crippen LogP contribution in [-0.4, -0.2) is 16.1 Å². The lowest BCUT2D eigenvalue weighted by Gasteiger charge is -2.08. The summed E-state index contributed by atoms with van der Waals surface area (Å²) < 4.78 is 13.3. The van der Waals surface area contributed by atoms with Gasteiger partial charge >= 0.3 is 5.97 Å². The fourth-order valence-corrected chi connectivity index (χ4v) is 2.16. The SMILES string of the molecule is O=C(O)c1cc(Cl)nc(Nc2cc(Cl)c(F)c(Cl)c2)c1. The molecule has 2 aromatic rings. The number of halogens is 4. The van der Waals surface area contributed by atoms with Crippen LogP contribution in [0.3, 0.4) is 0 Å². The van der Waals surface area contributed by atoms with Crippen LogP contribution in [-0.2, 0) is 0 Å². The van der Waals surface area contributed by atoms with Gasteiger partial charge in [-0.05, 0) is 24.3 Å². The molecule has 0 aliphatic heterocycles. The quantitative estimate of drug-likeness (QED) is 0.634. The Morgan fingerprint density at radius 1 is 1.15 bits per heavy atom. The third-order valence-electron chi connectivity index (χ3n) is 2.30. The number of nitrogens with zero attached hydrogens (tertiary/aromatic N) is 1. The van der Waals surface area contributed by atoms with Gasteiger partial charge in [0.1, 0.15) is 11.0 Å². The van der Waals surface area contributed by atoms with Crippen molar-refractivity contribution < 1.29 is 14.3 Å². The molecule has 0 bridgehead atoms. The molecule has 0 saturated heterocycles. The minimum atomic E-state index is -1.15. The highest BCUT2D eigenvalue weighted by atomic mass is 35.5. The molecule has 8 heteroatoms. The van der Waals surface area contributed by atoms with E-state index in [0.717, 1.165) is 0 Å². The molecule has 0 amide bonds. The Balaban J connectivity index is 2.37. The van der Waals surface area contributed by atoms with Gasteiger partial charge in [0, 0.05) is 5.69 Å². The summed E-state index contributed by atoms with van der Waals surface area (Å²) in [6, 6.07) is 5.08. The third kappa shape index (κ3) is 3.30. The Hall–Kier alpha value is -1.56. The van der Waals surface area contributed by atoms with E-state index in [2.05, 4.69) is 10.3 Å². The first-order chi connectivity index (χ1) is 9.36. The molecule has 0 aliphatic carbocycles. The molecule has 1 aromatic carbocycles. The summed E-state index contributed by atoms with van der Waals surface area (Å²) in [5.74, 6) is -1.70. The maximum atomic E-state index is 13.3.